The van der Waals surface area contributed by atoms with Gasteiger partial charge in [-0.25, -0.2) is 9.78 Å². The molecule has 116 valence electrons. The fourth-order valence-corrected chi connectivity index (χ4v) is 2.79. The number of piperidine rings is 1. The van der Waals surface area contributed by atoms with Crippen LogP contribution in [-0.4, -0.2) is 44.0 Å². The van der Waals surface area contributed by atoms with Gasteiger partial charge in [0.1, 0.15) is 5.82 Å². The van der Waals surface area contributed by atoms with Gasteiger partial charge in [0, 0.05) is 31.5 Å². The van der Waals surface area contributed by atoms with E-state index in [0.717, 1.165) is 38.2 Å². The van der Waals surface area contributed by atoms with Crippen molar-refractivity contribution < 1.29 is 4.79 Å². The Kier molecular flexibility index (Phi) is 4.32. The van der Waals surface area contributed by atoms with E-state index in [1.54, 1.807) is 6.20 Å². The normalized spacial score (nSPS) is 18.2. The molecule has 22 heavy (non-hydrogen) atoms. The van der Waals surface area contributed by atoms with E-state index in [1.165, 1.54) is 0 Å². The SMILES string of the molecule is Cc1cccc(NC(=O)N2CCC[C@@H](Cn3ccnn3)C2)n1. The molecule has 2 amide bonds. The Balaban J connectivity index is 1.58. The van der Waals surface area contributed by atoms with Crippen molar-refractivity contribution in [2.75, 3.05) is 18.4 Å². The van der Waals surface area contributed by atoms with E-state index < -0.39 is 0 Å². The van der Waals surface area contributed by atoms with Gasteiger partial charge in [-0.05, 0) is 37.8 Å². The van der Waals surface area contributed by atoms with Crippen LogP contribution in [0.15, 0.2) is 30.6 Å². The van der Waals surface area contributed by atoms with E-state index in [-0.39, 0.29) is 6.03 Å². The molecule has 0 unspecified atom stereocenters. The predicted octanol–water partition coefficient (Wildman–Crippen LogP) is 1.93. The van der Waals surface area contributed by atoms with Crippen LogP contribution in [0.4, 0.5) is 10.6 Å². The molecule has 1 saturated heterocycles. The summed E-state index contributed by atoms with van der Waals surface area (Å²) in [5.74, 6) is 1.01. The number of aromatic nitrogens is 4. The zero-order valence-corrected chi connectivity index (χ0v) is 12.6. The second kappa shape index (κ2) is 6.55. The van der Waals surface area contributed by atoms with Gasteiger partial charge in [0.05, 0.1) is 6.20 Å². The maximum absolute atomic E-state index is 12.4. The number of urea groups is 1. The minimum Gasteiger partial charge on any atom is -0.324 e. The lowest BCUT2D eigenvalue weighted by Gasteiger charge is -2.32. The molecule has 3 rings (SSSR count). The molecule has 0 spiro atoms. The third kappa shape index (κ3) is 3.60. The Morgan fingerprint density at radius 3 is 3.14 bits per heavy atom. The third-order valence-corrected chi connectivity index (χ3v) is 3.85. The number of aryl methyl sites for hydroxylation is 1. The molecule has 7 heteroatoms. The first-order valence-corrected chi connectivity index (χ1v) is 7.54. The van der Waals surface area contributed by atoms with Crippen molar-refractivity contribution in [2.24, 2.45) is 5.92 Å². The molecule has 0 saturated carbocycles. The van der Waals surface area contributed by atoms with Crippen molar-refractivity contribution in [3.05, 3.63) is 36.3 Å². The second-order valence-corrected chi connectivity index (χ2v) is 5.67. The van der Waals surface area contributed by atoms with Crippen LogP contribution in [-0.2, 0) is 6.54 Å². The van der Waals surface area contributed by atoms with Crippen molar-refractivity contribution in [1.29, 1.82) is 0 Å². The van der Waals surface area contributed by atoms with E-state index >= 15 is 0 Å². The highest BCUT2D eigenvalue weighted by atomic mass is 16.2. The first-order valence-electron chi connectivity index (χ1n) is 7.54. The summed E-state index contributed by atoms with van der Waals surface area (Å²) in [7, 11) is 0. The Bertz CT molecular complexity index is 627. The lowest BCUT2D eigenvalue weighted by molar-refractivity contribution is 0.168. The molecule has 1 aliphatic heterocycles. The van der Waals surface area contributed by atoms with Crippen molar-refractivity contribution in [3.63, 3.8) is 0 Å². The van der Waals surface area contributed by atoms with Gasteiger partial charge >= 0.3 is 6.03 Å². The molecule has 1 atom stereocenters. The predicted molar refractivity (Wildman–Crippen MR) is 82.3 cm³/mol. The summed E-state index contributed by atoms with van der Waals surface area (Å²) in [4.78, 5) is 18.5. The zero-order valence-electron chi connectivity index (χ0n) is 12.6. The number of nitrogens with zero attached hydrogens (tertiary/aromatic N) is 5. The highest BCUT2D eigenvalue weighted by molar-refractivity contribution is 5.88. The van der Waals surface area contributed by atoms with E-state index in [4.69, 9.17) is 0 Å². The van der Waals surface area contributed by atoms with Gasteiger partial charge in [-0.2, -0.15) is 0 Å². The molecule has 2 aromatic heterocycles. The largest absolute Gasteiger partial charge is 0.324 e. The van der Waals surface area contributed by atoms with Crippen molar-refractivity contribution >= 4 is 11.8 Å². The summed E-state index contributed by atoms with van der Waals surface area (Å²) in [5.41, 5.74) is 0.889. The Labute approximate surface area is 129 Å². The molecular weight excluding hydrogens is 280 g/mol. The number of amides is 2. The number of carbonyl (C=O) groups excluding carboxylic acids is 1. The molecule has 0 radical (unpaired) electrons. The molecule has 7 nitrogen and oxygen atoms in total. The number of pyridine rings is 1. The minimum atomic E-state index is -0.0820. The second-order valence-electron chi connectivity index (χ2n) is 5.67. The maximum Gasteiger partial charge on any atom is 0.323 e. The Morgan fingerprint density at radius 2 is 2.36 bits per heavy atom. The molecule has 1 N–H and O–H groups in total. The number of anilines is 1. The van der Waals surface area contributed by atoms with Crippen molar-refractivity contribution in [1.82, 2.24) is 24.9 Å². The van der Waals surface area contributed by atoms with Crippen LogP contribution in [0, 0.1) is 12.8 Å². The summed E-state index contributed by atoms with van der Waals surface area (Å²) < 4.78 is 1.83. The first kappa shape index (κ1) is 14.5. The molecule has 2 aromatic rings. The summed E-state index contributed by atoms with van der Waals surface area (Å²) >= 11 is 0. The van der Waals surface area contributed by atoms with Gasteiger partial charge in [-0.1, -0.05) is 11.3 Å². The fourth-order valence-electron chi connectivity index (χ4n) is 2.79. The number of nitrogens with one attached hydrogen (secondary N) is 1. The number of rotatable bonds is 3. The van der Waals surface area contributed by atoms with E-state index in [0.29, 0.717) is 11.7 Å². The van der Waals surface area contributed by atoms with Gasteiger partial charge in [0.2, 0.25) is 0 Å². The standard InChI is InChI=1S/C15H20N6O/c1-12-4-2-6-14(17-12)18-15(22)20-8-3-5-13(10-20)11-21-9-7-16-19-21/h2,4,6-7,9,13H,3,5,8,10-11H2,1H3,(H,17,18,22)/t13-/m1/s1. The van der Waals surface area contributed by atoms with Gasteiger partial charge in [0.25, 0.3) is 0 Å². The highest BCUT2D eigenvalue weighted by Gasteiger charge is 2.24. The van der Waals surface area contributed by atoms with Crippen molar-refractivity contribution in [2.45, 2.75) is 26.3 Å². The molecule has 3 heterocycles. The Morgan fingerprint density at radius 1 is 1.45 bits per heavy atom. The summed E-state index contributed by atoms with van der Waals surface area (Å²) in [5, 5.41) is 10.7. The lowest BCUT2D eigenvalue weighted by Crippen LogP contribution is -2.43. The van der Waals surface area contributed by atoms with E-state index in [9.17, 15) is 4.79 Å². The minimum absolute atomic E-state index is 0.0820. The van der Waals surface area contributed by atoms with E-state index in [2.05, 4.69) is 20.6 Å². The highest BCUT2D eigenvalue weighted by Crippen LogP contribution is 2.19. The lowest BCUT2D eigenvalue weighted by atomic mass is 9.98. The average Bonchev–Trinajstić information content (AvgIpc) is 3.00. The first-order chi connectivity index (χ1) is 10.7. The van der Waals surface area contributed by atoms with Crippen LogP contribution in [0.3, 0.4) is 0 Å². The maximum atomic E-state index is 12.4. The number of likely N-dealkylation sites (tertiary alicyclic amines) is 1. The summed E-state index contributed by atoms with van der Waals surface area (Å²) in [6.45, 7) is 4.22. The molecule has 1 aliphatic rings. The van der Waals surface area contributed by atoms with Crippen LogP contribution < -0.4 is 5.32 Å². The van der Waals surface area contributed by atoms with Gasteiger partial charge in [-0.3, -0.25) is 10.00 Å². The number of carbonyl (C=O) groups is 1. The van der Waals surface area contributed by atoms with Crippen LogP contribution in [0.5, 0.6) is 0 Å². The van der Waals surface area contributed by atoms with E-state index in [1.807, 2.05) is 40.9 Å². The van der Waals surface area contributed by atoms with Gasteiger partial charge < -0.3 is 4.90 Å². The topological polar surface area (TPSA) is 75.9 Å². The summed E-state index contributed by atoms with van der Waals surface area (Å²) in [6.07, 6.45) is 5.65. The molecule has 0 bridgehead atoms. The quantitative estimate of drug-likeness (QED) is 0.939. The average molecular weight is 300 g/mol. The number of hydrogen-bond donors (Lipinski definition) is 1. The number of hydrogen-bond acceptors (Lipinski definition) is 4. The summed E-state index contributed by atoms with van der Waals surface area (Å²) in [6, 6.07) is 5.52. The van der Waals surface area contributed by atoms with Crippen LogP contribution >= 0.6 is 0 Å². The van der Waals surface area contributed by atoms with Gasteiger partial charge in [-0.15, -0.1) is 5.10 Å². The fraction of sp³-hybridized carbons (Fsp3) is 0.467. The molecule has 1 fully saturated rings. The van der Waals surface area contributed by atoms with Crippen LogP contribution in [0.1, 0.15) is 18.5 Å². The van der Waals surface area contributed by atoms with Gasteiger partial charge in [0.15, 0.2) is 0 Å². The monoisotopic (exact) mass is 300 g/mol. The third-order valence-electron chi connectivity index (χ3n) is 3.85. The molecular formula is C15H20N6O. The zero-order chi connectivity index (χ0) is 15.4. The Hall–Kier alpha value is -2.44. The van der Waals surface area contributed by atoms with Crippen LogP contribution in [0.2, 0.25) is 0 Å². The van der Waals surface area contributed by atoms with Crippen LogP contribution in [0.25, 0.3) is 0 Å². The molecule has 0 aromatic carbocycles. The molecule has 0 aliphatic carbocycles. The van der Waals surface area contributed by atoms with Crippen molar-refractivity contribution in [3.8, 4) is 0 Å². The smallest absolute Gasteiger partial charge is 0.323 e.